The van der Waals surface area contributed by atoms with Crippen molar-refractivity contribution < 1.29 is 9.52 Å². The van der Waals surface area contributed by atoms with Gasteiger partial charge in [0.1, 0.15) is 22.7 Å². The Morgan fingerprint density at radius 2 is 1.53 bits per heavy atom. The maximum Gasteiger partial charge on any atom is 0.149 e. The predicted octanol–water partition coefficient (Wildman–Crippen LogP) is 12.1. The zero-order valence-electron chi connectivity index (χ0n) is 32.0. The molecule has 0 bridgehead atoms. The highest BCUT2D eigenvalue weighted by molar-refractivity contribution is 6.89. The molecule has 0 radical (unpaired) electrons. The molecule has 0 fully saturated rings. The van der Waals surface area contributed by atoms with Crippen LogP contribution in [0.15, 0.2) is 120 Å². The monoisotopic (exact) mass is 713 g/mol. The minimum Gasteiger partial charge on any atom is -0.507 e. The first kappa shape index (κ1) is 34.6. The SMILES string of the molecule is CC(C)Cc1cc(-c2cc(-c3cccc4c3nc(-c3cc(C(C)(C)C)ccc3O)n4-c3ccccc3)c3oc4ccccc4c3c2)ncc1[Si](C)(C)C. The number of aromatic nitrogens is 3. The molecule has 53 heavy (non-hydrogen) atoms. The molecule has 3 heterocycles. The maximum absolute atomic E-state index is 11.4. The molecule has 0 saturated carbocycles. The van der Waals surface area contributed by atoms with Crippen LogP contribution in [0.5, 0.6) is 5.75 Å². The largest absolute Gasteiger partial charge is 0.507 e. The van der Waals surface area contributed by atoms with Crippen LogP contribution in [-0.4, -0.2) is 27.7 Å². The zero-order chi connectivity index (χ0) is 37.2. The molecular weight excluding hydrogens is 667 g/mol. The molecule has 8 rings (SSSR count). The van der Waals surface area contributed by atoms with Crippen LogP contribution in [0.3, 0.4) is 0 Å². The third-order valence-corrected chi connectivity index (χ3v) is 12.4. The van der Waals surface area contributed by atoms with Gasteiger partial charge < -0.3 is 9.52 Å². The number of phenolic OH excluding ortho intramolecular Hbond substituents is 1. The fourth-order valence-corrected chi connectivity index (χ4v) is 9.22. The second kappa shape index (κ2) is 12.9. The van der Waals surface area contributed by atoms with Gasteiger partial charge in [0, 0.05) is 39.3 Å². The number of hydrogen-bond donors (Lipinski definition) is 1. The van der Waals surface area contributed by atoms with Crippen LogP contribution in [-0.2, 0) is 11.8 Å². The summed E-state index contributed by atoms with van der Waals surface area (Å²) in [7, 11) is -1.62. The van der Waals surface area contributed by atoms with E-state index in [0.29, 0.717) is 17.3 Å². The number of phenols is 1. The highest BCUT2D eigenvalue weighted by Crippen LogP contribution is 2.43. The normalized spacial score (nSPS) is 12.5. The summed E-state index contributed by atoms with van der Waals surface area (Å²) in [5.74, 6) is 1.41. The van der Waals surface area contributed by atoms with Gasteiger partial charge in [-0.3, -0.25) is 9.55 Å². The summed E-state index contributed by atoms with van der Waals surface area (Å²) in [5, 5.41) is 14.9. The summed E-state index contributed by atoms with van der Waals surface area (Å²) in [5.41, 5.74) is 11.4. The van der Waals surface area contributed by atoms with Crippen LogP contribution in [0.2, 0.25) is 19.6 Å². The fraction of sp³-hybridized carbons (Fsp3) is 0.234. The first-order valence-corrected chi connectivity index (χ1v) is 22.1. The number of pyridine rings is 1. The number of rotatable bonds is 7. The molecule has 0 saturated heterocycles. The van der Waals surface area contributed by atoms with Crippen LogP contribution in [0, 0.1) is 5.92 Å². The van der Waals surface area contributed by atoms with E-state index < -0.39 is 8.07 Å². The van der Waals surface area contributed by atoms with E-state index in [4.69, 9.17) is 14.4 Å². The average Bonchev–Trinajstić information content (AvgIpc) is 3.69. The molecule has 6 heteroatoms. The average molecular weight is 714 g/mol. The van der Waals surface area contributed by atoms with Gasteiger partial charge in [0.15, 0.2) is 0 Å². The van der Waals surface area contributed by atoms with Crippen LogP contribution >= 0.6 is 0 Å². The van der Waals surface area contributed by atoms with Gasteiger partial charge in [-0.15, -0.1) is 0 Å². The van der Waals surface area contributed by atoms with Gasteiger partial charge in [-0.05, 0) is 88.7 Å². The van der Waals surface area contributed by atoms with Crippen molar-refractivity contribution in [1.82, 2.24) is 14.5 Å². The molecule has 0 spiro atoms. The predicted molar refractivity (Wildman–Crippen MR) is 224 cm³/mol. The number of fused-ring (bicyclic) bond motifs is 4. The van der Waals surface area contributed by atoms with E-state index in [1.807, 2.05) is 36.4 Å². The van der Waals surface area contributed by atoms with Crippen LogP contribution in [0.4, 0.5) is 0 Å². The van der Waals surface area contributed by atoms with E-state index in [1.165, 1.54) is 10.8 Å². The van der Waals surface area contributed by atoms with E-state index in [2.05, 4.69) is 132 Å². The maximum atomic E-state index is 11.4. The molecule has 5 aromatic carbocycles. The number of para-hydroxylation sites is 3. The molecule has 5 nitrogen and oxygen atoms in total. The summed E-state index contributed by atoms with van der Waals surface area (Å²) in [6.07, 6.45) is 3.16. The van der Waals surface area contributed by atoms with E-state index in [0.717, 1.165) is 73.0 Å². The molecule has 0 aliphatic heterocycles. The van der Waals surface area contributed by atoms with Crippen molar-refractivity contribution in [1.29, 1.82) is 0 Å². The van der Waals surface area contributed by atoms with Crippen LogP contribution < -0.4 is 5.19 Å². The summed E-state index contributed by atoms with van der Waals surface area (Å²) >= 11 is 0. The zero-order valence-corrected chi connectivity index (χ0v) is 33.0. The van der Waals surface area contributed by atoms with Gasteiger partial charge in [0.2, 0.25) is 0 Å². The smallest absolute Gasteiger partial charge is 0.149 e. The van der Waals surface area contributed by atoms with Crippen molar-refractivity contribution in [3.8, 4) is 45.2 Å². The number of benzene rings is 5. The molecule has 0 atom stereocenters. The van der Waals surface area contributed by atoms with E-state index in [1.54, 1.807) is 6.07 Å². The summed E-state index contributed by atoms with van der Waals surface area (Å²) in [6.45, 7) is 18.3. The van der Waals surface area contributed by atoms with E-state index in [9.17, 15) is 5.11 Å². The molecule has 266 valence electrons. The van der Waals surface area contributed by atoms with Gasteiger partial charge in [0.05, 0.1) is 30.4 Å². The molecular formula is C47H47N3O2Si. The van der Waals surface area contributed by atoms with Gasteiger partial charge in [0.25, 0.3) is 0 Å². The van der Waals surface area contributed by atoms with Crippen molar-refractivity contribution in [2.45, 2.75) is 66.1 Å². The Morgan fingerprint density at radius 3 is 2.26 bits per heavy atom. The minimum absolute atomic E-state index is 0.110. The Bertz CT molecular complexity index is 2650. The van der Waals surface area contributed by atoms with Gasteiger partial charge in [-0.25, -0.2) is 4.98 Å². The first-order valence-electron chi connectivity index (χ1n) is 18.6. The highest BCUT2D eigenvalue weighted by Gasteiger charge is 2.26. The number of nitrogens with zero attached hydrogens (tertiary/aromatic N) is 3. The molecule has 8 aromatic rings. The number of furan rings is 1. The fourth-order valence-electron chi connectivity index (χ4n) is 7.63. The van der Waals surface area contributed by atoms with Crippen molar-refractivity contribution in [3.05, 3.63) is 127 Å². The number of hydrogen-bond acceptors (Lipinski definition) is 4. The summed E-state index contributed by atoms with van der Waals surface area (Å²) in [4.78, 5) is 10.6. The van der Waals surface area contributed by atoms with Crippen molar-refractivity contribution in [2.24, 2.45) is 5.92 Å². The lowest BCUT2D eigenvalue weighted by atomic mass is 9.86. The third-order valence-electron chi connectivity index (χ3n) is 10.3. The summed E-state index contributed by atoms with van der Waals surface area (Å²) < 4.78 is 8.87. The minimum atomic E-state index is -1.62. The number of aromatic hydroxyl groups is 1. The van der Waals surface area contributed by atoms with E-state index >= 15 is 0 Å². The standard InChI is InChI=1S/C47H47N3O2Si/c1-29(2)23-31-26-39(48-28-43(31)53(6,7)8)30-24-36-34-17-12-13-20-42(34)52-45(36)37(25-30)35-18-14-19-40-44(35)49-46(50(40)33-15-10-9-11-16-33)38-27-32(47(3,4)5)21-22-41(38)51/h9-22,24-29,51H,23H2,1-8H3. The quantitative estimate of drug-likeness (QED) is 0.167. The Labute approximate surface area is 313 Å². The van der Waals surface area contributed by atoms with Crippen molar-refractivity contribution >= 4 is 46.2 Å². The number of imidazole rings is 1. The Kier molecular flexibility index (Phi) is 8.42. The van der Waals surface area contributed by atoms with Crippen molar-refractivity contribution in [3.63, 3.8) is 0 Å². The second-order valence-corrected chi connectivity index (χ2v) is 21.9. The second-order valence-electron chi connectivity index (χ2n) is 16.8. The molecule has 0 unspecified atom stereocenters. The topological polar surface area (TPSA) is 64.1 Å². The van der Waals surface area contributed by atoms with E-state index in [-0.39, 0.29) is 11.2 Å². The van der Waals surface area contributed by atoms with Gasteiger partial charge >= 0.3 is 0 Å². The van der Waals surface area contributed by atoms with Crippen LogP contribution in [0.25, 0.3) is 72.4 Å². The van der Waals surface area contributed by atoms with Crippen LogP contribution in [0.1, 0.15) is 45.7 Å². The molecule has 0 aliphatic rings. The first-order chi connectivity index (χ1) is 25.3. The van der Waals surface area contributed by atoms with Gasteiger partial charge in [-0.2, -0.15) is 0 Å². The molecule has 0 amide bonds. The van der Waals surface area contributed by atoms with Crippen molar-refractivity contribution in [2.75, 3.05) is 0 Å². The van der Waals surface area contributed by atoms with Gasteiger partial charge in [-0.1, -0.05) is 109 Å². The third kappa shape index (κ3) is 6.25. The molecule has 0 aliphatic carbocycles. The molecule has 3 aromatic heterocycles. The molecule has 1 N–H and O–H groups in total. The Morgan fingerprint density at radius 1 is 0.774 bits per heavy atom. The lowest BCUT2D eigenvalue weighted by Gasteiger charge is -2.22. The summed E-state index contributed by atoms with van der Waals surface area (Å²) in [6, 6.07) is 37.5. The Balaban J connectivity index is 1.43. The Hall–Kier alpha value is -5.46. The highest BCUT2D eigenvalue weighted by atomic mass is 28.3. The lowest BCUT2D eigenvalue weighted by molar-refractivity contribution is 0.475. The lowest BCUT2D eigenvalue weighted by Crippen LogP contribution is -2.40.